The van der Waals surface area contributed by atoms with Crippen molar-refractivity contribution in [3.05, 3.63) is 24.3 Å². The average molecular weight is 293 g/mol. The van der Waals surface area contributed by atoms with Gasteiger partial charge in [-0.15, -0.1) is 0 Å². The Morgan fingerprint density at radius 2 is 1.71 bits per heavy atom. The molecule has 0 heterocycles. The number of likely N-dealkylation sites (N-methyl/N-ethyl adjacent to an activating group) is 1. The zero-order valence-corrected chi connectivity index (χ0v) is 14.4. The summed E-state index contributed by atoms with van der Waals surface area (Å²) in [5.41, 5.74) is 0. The van der Waals surface area contributed by atoms with E-state index in [1.807, 2.05) is 33.8 Å². The normalized spacial score (nSPS) is 14.8. The maximum atomic E-state index is 12.3. The molecular weight excluding hydrogens is 262 g/mol. The van der Waals surface area contributed by atoms with Gasteiger partial charge in [-0.1, -0.05) is 39.0 Å². The number of hydrogen-bond acceptors (Lipinski definition) is 2. The molecule has 0 aliphatic rings. The summed E-state index contributed by atoms with van der Waals surface area (Å²) in [5.74, 6) is 0.739. The predicted molar refractivity (Wildman–Crippen MR) is 89.0 cm³/mol. The largest absolute Gasteiger partial charge is 0.335 e. The van der Waals surface area contributed by atoms with E-state index in [0.29, 0.717) is 24.7 Å². The van der Waals surface area contributed by atoms with Crippen LogP contribution in [0.5, 0.6) is 0 Å². The number of hydrogen-bond donors (Lipinski definition) is 0. The van der Waals surface area contributed by atoms with E-state index in [1.165, 1.54) is 0 Å². The summed E-state index contributed by atoms with van der Waals surface area (Å²) in [4.78, 5) is 26.2. The van der Waals surface area contributed by atoms with Gasteiger partial charge in [0.15, 0.2) is 5.78 Å². The molecule has 3 heteroatoms. The van der Waals surface area contributed by atoms with Crippen LogP contribution >= 0.6 is 0 Å². The minimum Gasteiger partial charge on any atom is -0.335 e. The molecule has 3 nitrogen and oxygen atoms in total. The van der Waals surface area contributed by atoms with Crippen LogP contribution in [0.25, 0.3) is 0 Å². The van der Waals surface area contributed by atoms with Crippen molar-refractivity contribution in [1.29, 1.82) is 0 Å². The molecule has 0 aliphatic heterocycles. The van der Waals surface area contributed by atoms with Crippen molar-refractivity contribution in [2.45, 2.75) is 59.9 Å². The Labute approximate surface area is 130 Å². The summed E-state index contributed by atoms with van der Waals surface area (Å²) in [7, 11) is 1.75. The third kappa shape index (κ3) is 7.84. The lowest BCUT2D eigenvalue weighted by Crippen LogP contribution is -2.43. The second-order valence-electron chi connectivity index (χ2n) is 6.17. The van der Waals surface area contributed by atoms with Crippen LogP contribution in [0.15, 0.2) is 24.3 Å². The van der Waals surface area contributed by atoms with Gasteiger partial charge in [-0.2, -0.15) is 0 Å². The highest BCUT2D eigenvalue weighted by atomic mass is 16.2. The molecule has 0 saturated carbocycles. The van der Waals surface area contributed by atoms with Crippen molar-refractivity contribution < 1.29 is 9.59 Å². The van der Waals surface area contributed by atoms with Crippen molar-refractivity contribution in [3.63, 3.8) is 0 Å². The van der Waals surface area contributed by atoms with Gasteiger partial charge in [0.25, 0.3) is 0 Å². The number of nitrogens with zero attached hydrogens (tertiary/aromatic N) is 1. The summed E-state index contributed by atoms with van der Waals surface area (Å²) >= 11 is 0. The molecule has 0 aromatic heterocycles. The summed E-state index contributed by atoms with van der Waals surface area (Å²) in [6, 6.07) is -0.354. The number of amides is 1. The fourth-order valence-electron chi connectivity index (χ4n) is 2.25. The van der Waals surface area contributed by atoms with Crippen LogP contribution < -0.4 is 0 Å². The fourth-order valence-corrected chi connectivity index (χ4v) is 2.25. The SMILES string of the molecule is CC=CCC(C)CC(C(=O)/C=C/C)N(C)C(=O)CC(C)C. The third-order valence-electron chi connectivity index (χ3n) is 3.50. The summed E-state index contributed by atoms with van der Waals surface area (Å²) in [6.07, 6.45) is 9.57. The number of ketones is 1. The van der Waals surface area contributed by atoms with E-state index in [1.54, 1.807) is 24.1 Å². The molecule has 2 unspecified atom stereocenters. The lowest BCUT2D eigenvalue weighted by Gasteiger charge is -2.29. The van der Waals surface area contributed by atoms with Gasteiger partial charge in [-0.25, -0.2) is 0 Å². The summed E-state index contributed by atoms with van der Waals surface area (Å²) in [5, 5.41) is 0. The quantitative estimate of drug-likeness (QED) is 0.476. The Bertz CT molecular complexity index is 383. The Morgan fingerprint density at radius 3 is 2.19 bits per heavy atom. The van der Waals surface area contributed by atoms with E-state index in [2.05, 4.69) is 13.0 Å². The number of carbonyl (C=O) groups excluding carboxylic acids is 2. The van der Waals surface area contributed by atoms with E-state index in [-0.39, 0.29) is 17.7 Å². The first-order valence-electron chi connectivity index (χ1n) is 7.86. The van der Waals surface area contributed by atoms with E-state index in [0.717, 1.165) is 6.42 Å². The first-order valence-corrected chi connectivity index (χ1v) is 7.86. The van der Waals surface area contributed by atoms with E-state index in [4.69, 9.17) is 0 Å². The molecule has 120 valence electrons. The fraction of sp³-hybridized carbons (Fsp3) is 0.667. The minimum absolute atomic E-state index is 0.0180. The van der Waals surface area contributed by atoms with Gasteiger partial charge >= 0.3 is 0 Å². The molecule has 0 spiro atoms. The van der Waals surface area contributed by atoms with E-state index < -0.39 is 0 Å². The smallest absolute Gasteiger partial charge is 0.223 e. The molecule has 0 rings (SSSR count). The molecule has 0 aliphatic carbocycles. The first kappa shape index (κ1) is 19.6. The van der Waals surface area contributed by atoms with Crippen molar-refractivity contribution >= 4 is 11.7 Å². The van der Waals surface area contributed by atoms with Crippen LogP contribution in [-0.2, 0) is 9.59 Å². The van der Waals surface area contributed by atoms with Gasteiger partial charge < -0.3 is 4.90 Å². The molecule has 2 atom stereocenters. The summed E-state index contributed by atoms with van der Waals surface area (Å²) < 4.78 is 0. The lowest BCUT2D eigenvalue weighted by molar-refractivity contribution is -0.137. The van der Waals surface area contributed by atoms with Crippen LogP contribution in [0.3, 0.4) is 0 Å². The van der Waals surface area contributed by atoms with E-state index in [9.17, 15) is 9.59 Å². The predicted octanol–water partition coefficient (Wildman–Crippen LogP) is 4.00. The van der Waals surface area contributed by atoms with Crippen molar-refractivity contribution in [2.24, 2.45) is 11.8 Å². The molecule has 0 saturated heterocycles. The van der Waals surface area contributed by atoms with Crippen LogP contribution in [0.4, 0.5) is 0 Å². The van der Waals surface area contributed by atoms with Gasteiger partial charge in [0.2, 0.25) is 5.91 Å². The topological polar surface area (TPSA) is 37.4 Å². The summed E-state index contributed by atoms with van der Waals surface area (Å²) in [6.45, 7) is 9.98. The minimum atomic E-state index is -0.354. The highest BCUT2D eigenvalue weighted by molar-refractivity contribution is 5.96. The van der Waals surface area contributed by atoms with Gasteiger partial charge in [-0.3, -0.25) is 9.59 Å². The highest BCUT2D eigenvalue weighted by Gasteiger charge is 2.26. The Kier molecular flexibility index (Phi) is 9.68. The number of allylic oxidation sites excluding steroid dienone is 3. The van der Waals surface area contributed by atoms with Crippen LogP contribution in [0.1, 0.15) is 53.9 Å². The maximum absolute atomic E-state index is 12.3. The van der Waals surface area contributed by atoms with E-state index >= 15 is 0 Å². The maximum Gasteiger partial charge on any atom is 0.223 e. The molecule has 0 radical (unpaired) electrons. The second-order valence-corrected chi connectivity index (χ2v) is 6.17. The lowest BCUT2D eigenvalue weighted by atomic mass is 9.94. The monoisotopic (exact) mass is 293 g/mol. The van der Waals surface area contributed by atoms with Crippen LogP contribution in [0.2, 0.25) is 0 Å². The zero-order valence-electron chi connectivity index (χ0n) is 14.4. The standard InChI is InChI=1S/C18H31NO2/c1-7-9-11-15(5)13-16(17(20)10-8-2)19(6)18(21)12-14(3)4/h7-10,14-16H,11-13H2,1-6H3/b9-7?,10-8+. The molecule has 0 N–H and O–H groups in total. The molecule has 0 fully saturated rings. The van der Waals surface area contributed by atoms with Gasteiger partial charge in [0.05, 0.1) is 6.04 Å². The number of rotatable bonds is 9. The van der Waals surface area contributed by atoms with Gasteiger partial charge in [0.1, 0.15) is 0 Å². The molecular formula is C18H31NO2. The van der Waals surface area contributed by atoms with Crippen molar-refractivity contribution in [1.82, 2.24) is 4.90 Å². The number of carbonyl (C=O) groups is 2. The van der Waals surface area contributed by atoms with Gasteiger partial charge in [-0.05, 0) is 44.6 Å². The van der Waals surface area contributed by atoms with Crippen molar-refractivity contribution in [2.75, 3.05) is 7.05 Å². The zero-order chi connectivity index (χ0) is 16.4. The van der Waals surface area contributed by atoms with Crippen LogP contribution in [-0.4, -0.2) is 29.7 Å². The van der Waals surface area contributed by atoms with Crippen molar-refractivity contribution in [3.8, 4) is 0 Å². The Hall–Kier alpha value is -1.38. The molecule has 0 aromatic carbocycles. The molecule has 21 heavy (non-hydrogen) atoms. The average Bonchev–Trinajstić information content (AvgIpc) is 2.41. The molecule has 1 amide bonds. The highest BCUT2D eigenvalue weighted by Crippen LogP contribution is 2.18. The molecule has 0 aromatic rings. The Balaban J connectivity index is 4.95. The molecule has 0 bridgehead atoms. The third-order valence-corrected chi connectivity index (χ3v) is 3.50. The Morgan fingerprint density at radius 1 is 1.10 bits per heavy atom. The second kappa shape index (κ2) is 10.4. The van der Waals surface area contributed by atoms with Crippen LogP contribution in [0, 0.1) is 11.8 Å². The first-order chi connectivity index (χ1) is 9.83. The van der Waals surface area contributed by atoms with Gasteiger partial charge in [0, 0.05) is 13.5 Å².